The lowest BCUT2D eigenvalue weighted by Crippen LogP contribution is -2.17. The maximum Gasteiger partial charge on any atom is 0.437 e. The summed E-state index contributed by atoms with van der Waals surface area (Å²) >= 11 is 4.15. The second-order valence-corrected chi connectivity index (χ2v) is 6.63. The lowest BCUT2D eigenvalue weighted by atomic mass is 10.1. The van der Waals surface area contributed by atoms with Crippen LogP contribution in [0.5, 0.6) is 0 Å². The third-order valence-corrected chi connectivity index (χ3v) is 4.66. The normalized spacial score (nSPS) is 11.1. The number of nitrogens with one attached hydrogen (secondary N) is 1. The van der Waals surface area contributed by atoms with Crippen LogP contribution < -0.4 is 11.1 Å². The Labute approximate surface area is 160 Å². The molecule has 136 valence electrons. The lowest BCUT2D eigenvalue weighted by Gasteiger charge is -2.06. The standard InChI is InChI=1S/C15H13BrN4O5S/c1-2-12(21)10-4-3-9(6-11(10)16)18-15(22)25-19-14(17)8-5-13(20(23)24)26-7-8/h3-7H,2H2,1H3,(H2,17,19)(H,18,22). The number of anilines is 1. The average Bonchev–Trinajstić information content (AvgIpc) is 3.09. The number of nitrogens with two attached hydrogens (primary N) is 1. The second-order valence-electron chi connectivity index (χ2n) is 4.88. The number of rotatable bonds is 6. The largest absolute Gasteiger partial charge is 0.437 e. The molecule has 1 aromatic carbocycles. The summed E-state index contributed by atoms with van der Waals surface area (Å²) in [4.78, 5) is 38.2. The van der Waals surface area contributed by atoms with Gasteiger partial charge in [0.1, 0.15) is 0 Å². The molecule has 0 atom stereocenters. The Morgan fingerprint density at radius 1 is 1.42 bits per heavy atom. The Hall–Kier alpha value is -2.79. The topological polar surface area (TPSA) is 137 Å². The number of hydrogen-bond donors (Lipinski definition) is 2. The quantitative estimate of drug-likeness (QED) is 0.174. The van der Waals surface area contributed by atoms with E-state index >= 15 is 0 Å². The van der Waals surface area contributed by atoms with Crippen LogP contribution in [0.4, 0.5) is 15.5 Å². The van der Waals surface area contributed by atoms with Crippen molar-refractivity contribution in [1.29, 1.82) is 0 Å². The number of nitrogens with zero attached hydrogens (tertiary/aromatic N) is 2. The molecule has 3 N–H and O–H groups in total. The summed E-state index contributed by atoms with van der Waals surface area (Å²) in [6.07, 6.45) is -0.540. The molecule has 11 heteroatoms. The van der Waals surface area contributed by atoms with Gasteiger partial charge in [-0.3, -0.25) is 25.1 Å². The summed E-state index contributed by atoms with van der Waals surface area (Å²) in [6, 6.07) is 5.91. The van der Waals surface area contributed by atoms with Crippen LogP contribution in [0.3, 0.4) is 0 Å². The summed E-state index contributed by atoms with van der Waals surface area (Å²) in [5.41, 5.74) is 6.80. The fourth-order valence-electron chi connectivity index (χ4n) is 1.85. The van der Waals surface area contributed by atoms with Gasteiger partial charge in [-0.15, -0.1) is 0 Å². The molecule has 0 aliphatic rings. The maximum absolute atomic E-state index is 11.8. The van der Waals surface area contributed by atoms with Crippen molar-refractivity contribution in [2.45, 2.75) is 13.3 Å². The molecule has 0 aliphatic carbocycles. The maximum atomic E-state index is 11.8. The van der Waals surface area contributed by atoms with Gasteiger partial charge in [-0.2, -0.15) is 0 Å². The molecule has 1 amide bonds. The van der Waals surface area contributed by atoms with Crippen LogP contribution in [0.1, 0.15) is 29.3 Å². The molecule has 0 fully saturated rings. The molecule has 26 heavy (non-hydrogen) atoms. The number of carbonyl (C=O) groups excluding carboxylic acids is 2. The second kappa shape index (κ2) is 8.54. The Morgan fingerprint density at radius 2 is 2.15 bits per heavy atom. The molecule has 1 heterocycles. The van der Waals surface area contributed by atoms with Gasteiger partial charge in [-0.05, 0) is 34.1 Å². The van der Waals surface area contributed by atoms with E-state index in [1.807, 2.05) is 0 Å². The van der Waals surface area contributed by atoms with Crippen molar-refractivity contribution in [2.24, 2.45) is 10.9 Å². The zero-order chi connectivity index (χ0) is 19.3. The molecule has 0 radical (unpaired) electrons. The van der Waals surface area contributed by atoms with Crippen molar-refractivity contribution in [3.8, 4) is 0 Å². The summed E-state index contributed by atoms with van der Waals surface area (Å²) in [5, 5.41) is 17.8. The van der Waals surface area contributed by atoms with Gasteiger partial charge >= 0.3 is 11.1 Å². The average molecular weight is 441 g/mol. The van der Waals surface area contributed by atoms with E-state index in [0.29, 0.717) is 22.1 Å². The van der Waals surface area contributed by atoms with E-state index in [9.17, 15) is 19.7 Å². The first-order valence-electron chi connectivity index (χ1n) is 7.19. The molecule has 1 aromatic heterocycles. The molecule has 0 unspecified atom stereocenters. The molecule has 2 aromatic rings. The van der Waals surface area contributed by atoms with Crippen molar-refractivity contribution in [1.82, 2.24) is 0 Å². The molecular weight excluding hydrogens is 428 g/mol. The molecular formula is C15H13BrN4O5S. The van der Waals surface area contributed by atoms with Gasteiger partial charge < -0.3 is 5.73 Å². The Balaban J connectivity index is 2.00. The molecule has 2 rings (SSSR count). The number of amidine groups is 1. The van der Waals surface area contributed by atoms with Gasteiger partial charge in [0.2, 0.25) is 0 Å². The number of halogens is 1. The van der Waals surface area contributed by atoms with Crippen LogP contribution in [-0.2, 0) is 4.84 Å². The van der Waals surface area contributed by atoms with Crippen molar-refractivity contribution >= 4 is 55.7 Å². The number of hydrogen-bond acceptors (Lipinski definition) is 7. The van der Waals surface area contributed by atoms with E-state index in [-0.39, 0.29) is 22.2 Å². The summed E-state index contributed by atoms with van der Waals surface area (Å²) in [6.45, 7) is 1.75. The summed E-state index contributed by atoms with van der Waals surface area (Å²) < 4.78 is 0.538. The predicted molar refractivity (Wildman–Crippen MR) is 101 cm³/mol. The summed E-state index contributed by atoms with van der Waals surface area (Å²) in [7, 11) is 0. The van der Waals surface area contributed by atoms with Crippen molar-refractivity contribution in [3.05, 3.63) is 55.4 Å². The first-order chi connectivity index (χ1) is 12.3. The first-order valence-corrected chi connectivity index (χ1v) is 8.86. The fourth-order valence-corrected chi connectivity index (χ4v) is 3.17. The number of thiophene rings is 1. The molecule has 0 spiro atoms. The Kier molecular flexibility index (Phi) is 6.41. The summed E-state index contributed by atoms with van der Waals surface area (Å²) in [5.74, 6) is -0.206. The van der Waals surface area contributed by atoms with Gasteiger partial charge in [-0.1, -0.05) is 23.4 Å². The van der Waals surface area contributed by atoms with Gasteiger partial charge in [0.15, 0.2) is 11.6 Å². The highest BCUT2D eigenvalue weighted by Crippen LogP contribution is 2.24. The van der Waals surface area contributed by atoms with E-state index in [1.54, 1.807) is 25.1 Å². The number of Topliss-reactive ketones (excluding diaryl/α,β-unsaturated/α-hetero) is 1. The molecule has 0 saturated heterocycles. The Bertz CT molecular complexity index is 896. The zero-order valence-electron chi connectivity index (χ0n) is 13.4. The highest BCUT2D eigenvalue weighted by molar-refractivity contribution is 9.10. The van der Waals surface area contributed by atoms with E-state index in [0.717, 1.165) is 11.3 Å². The van der Waals surface area contributed by atoms with Gasteiger partial charge in [0.25, 0.3) is 0 Å². The minimum absolute atomic E-state index is 0.0340. The minimum atomic E-state index is -0.904. The van der Waals surface area contributed by atoms with Crippen LogP contribution in [0.15, 0.2) is 39.3 Å². The van der Waals surface area contributed by atoms with Crippen LogP contribution in [0.25, 0.3) is 0 Å². The van der Waals surface area contributed by atoms with Gasteiger partial charge in [0.05, 0.1) is 4.92 Å². The van der Waals surface area contributed by atoms with Gasteiger partial charge in [-0.25, -0.2) is 4.79 Å². The molecule has 0 aliphatic heterocycles. The van der Waals surface area contributed by atoms with Crippen LogP contribution in [0.2, 0.25) is 0 Å². The number of carbonyl (C=O) groups is 2. The molecule has 0 bridgehead atoms. The smallest absolute Gasteiger partial charge is 0.380 e. The predicted octanol–water partition coefficient (Wildman–Crippen LogP) is 3.88. The van der Waals surface area contributed by atoms with E-state index in [4.69, 9.17) is 5.73 Å². The number of ketones is 1. The fraction of sp³-hybridized carbons (Fsp3) is 0.133. The molecule has 0 saturated carbocycles. The van der Waals surface area contributed by atoms with Crippen molar-refractivity contribution < 1.29 is 19.3 Å². The van der Waals surface area contributed by atoms with Crippen LogP contribution >= 0.6 is 27.3 Å². The monoisotopic (exact) mass is 440 g/mol. The van der Waals surface area contributed by atoms with Crippen molar-refractivity contribution in [2.75, 3.05) is 5.32 Å². The van der Waals surface area contributed by atoms with E-state index in [1.165, 1.54) is 11.4 Å². The zero-order valence-corrected chi connectivity index (χ0v) is 15.8. The van der Waals surface area contributed by atoms with E-state index in [2.05, 4.69) is 31.2 Å². The molecule has 9 nitrogen and oxygen atoms in total. The number of nitro groups is 1. The number of oxime groups is 1. The SMILES string of the molecule is CCC(=O)c1ccc(NC(=O)O/N=C(/N)c2csc([N+](=O)[O-])c2)cc1Br. The highest BCUT2D eigenvalue weighted by atomic mass is 79.9. The number of amides is 1. The van der Waals surface area contributed by atoms with Crippen molar-refractivity contribution in [3.63, 3.8) is 0 Å². The van der Waals surface area contributed by atoms with E-state index < -0.39 is 11.0 Å². The van der Waals surface area contributed by atoms with Gasteiger partial charge in [0, 0.05) is 39.2 Å². The first kappa shape index (κ1) is 19.5. The minimum Gasteiger partial charge on any atom is -0.380 e. The lowest BCUT2D eigenvalue weighted by molar-refractivity contribution is -0.380. The highest BCUT2D eigenvalue weighted by Gasteiger charge is 2.13. The third-order valence-electron chi connectivity index (χ3n) is 3.13. The van der Waals surface area contributed by atoms with Crippen LogP contribution in [0, 0.1) is 10.1 Å². The Morgan fingerprint density at radius 3 is 2.73 bits per heavy atom. The number of benzene rings is 1. The third kappa shape index (κ3) is 4.86. The van der Waals surface area contributed by atoms with Crippen LogP contribution in [-0.4, -0.2) is 22.6 Å².